The maximum atomic E-state index is 6.31. The molecule has 1 aromatic rings. The highest BCUT2D eigenvalue weighted by Crippen LogP contribution is 2.32. The highest BCUT2D eigenvalue weighted by molar-refractivity contribution is 5.18. The molecule has 2 N–H and O–H groups in total. The summed E-state index contributed by atoms with van der Waals surface area (Å²) in [6, 6.07) is 4.07. The summed E-state index contributed by atoms with van der Waals surface area (Å²) >= 11 is 0. The predicted molar refractivity (Wildman–Crippen MR) is 99.6 cm³/mol. The van der Waals surface area contributed by atoms with Crippen LogP contribution in [0.15, 0.2) is 24.5 Å². The summed E-state index contributed by atoms with van der Waals surface area (Å²) in [6.45, 7) is 11.0. The number of rotatable bonds is 8. The minimum Gasteiger partial charge on any atom is -0.369 e. The fourth-order valence-corrected chi connectivity index (χ4v) is 3.02. The van der Waals surface area contributed by atoms with Gasteiger partial charge in [-0.2, -0.15) is 0 Å². The molecule has 0 saturated carbocycles. The maximum absolute atomic E-state index is 6.31. The highest BCUT2D eigenvalue weighted by Gasteiger charge is 2.31. The second-order valence-corrected chi connectivity index (χ2v) is 5.53. The Bertz CT molecular complexity index is 379. The number of aromatic nitrogens is 1. The molecule has 4 heteroatoms. The SMILES string of the molecule is C.CC.CCC(CCN)(OCCN1CCCC1)c1cccnc1. The lowest BCUT2D eigenvalue weighted by molar-refractivity contribution is -0.0639. The van der Waals surface area contributed by atoms with Crippen LogP contribution in [0.4, 0.5) is 0 Å². The largest absolute Gasteiger partial charge is 0.369 e. The third-order valence-corrected chi connectivity index (χ3v) is 4.29. The maximum Gasteiger partial charge on any atom is 0.0956 e. The van der Waals surface area contributed by atoms with Gasteiger partial charge < -0.3 is 15.4 Å². The molecule has 1 aliphatic heterocycles. The van der Waals surface area contributed by atoms with Gasteiger partial charge in [0.25, 0.3) is 0 Å². The lowest BCUT2D eigenvalue weighted by Crippen LogP contribution is -2.35. The Hall–Kier alpha value is -0.970. The molecule has 23 heavy (non-hydrogen) atoms. The Morgan fingerprint density at radius 1 is 1.30 bits per heavy atom. The van der Waals surface area contributed by atoms with Crippen molar-refractivity contribution in [3.63, 3.8) is 0 Å². The first-order valence-corrected chi connectivity index (χ1v) is 8.77. The Balaban J connectivity index is 0.00000155. The smallest absolute Gasteiger partial charge is 0.0956 e. The van der Waals surface area contributed by atoms with Crippen molar-refractivity contribution < 1.29 is 4.74 Å². The first-order valence-electron chi connectivity index (χ1n) is 8.77. The van der Waals surface area contributed by atoms with E-state index in [-0.39, 0.29) is 13.0 Å². The van der Waals surface area contributed by atoms with Crippen molar-refractivity contribution in [3.05, 3.63) is 30.1 Å². The van der Waals surface area contributed by atoms with Crippen LogP contribution in [0.5, 0.6) is 0 Å². The molecule has 0 radical (unpaired) electrons. The molecule has 1 aromatic heterocycles. The monoisotopic (exact) mass is 323 g/mol. The lowest BCUT2D eigenvalue weighted by atomic mass is 9.88. The quantitative estimate of drug-likeness (QED) is 0.790. The van der Waals surface area contributed by atoms with E-state index in [0.717, 1.165) is 31.6 Å². The molecule has 0 aromatic carbocycles. The van der Waals surface area contributed by atoms with Crippen LogP contribution in [0.1, 0.15) is 59.4 Å². The number of ether oxygens (including phenoxy) is 1. The van der Waals surface area contributed by atoms with E-state index < -0.39 is 0 Å². The van der Waals surface area contributed by atoms with E-state index in [9.17, 15) is 0 Å². The van der Waals surface area contributed by atoms with Gasteiger partial charge in [-0.1, -0.05) is 34.3 Å². The molecule has 134 valence electrons. The molecule has 0 aliphatic carbocycles. The van der Waals surface area contributed by atoms with Gasteiger partial charge in [0.05, 0.1) is 12.2 Å². The summed E-state index contributed by atoms with van der Waals surface area (Å²) in [7, 11) is 0. The van der Waals surface area contributed by atoms with Crippen molar-refractivity contribution in [2.24, 2.45) is 5.73 Å². The summed E-state index contributed by atoms with van der Waals surface area (Å²) in [6.07, 6.45) is 8.13. The van der Waals surface area contributed by atoms with Crippen molar-refractivity contribution in [2.45, 2.75) is 59.5 Å². The molecule has 2 heterocycles. The molecule has 0 bridgehead atoms. The van der Waals surface area contributed by atoms with Gasteiger partial charge in [0.1, 0.15) is 0 Å². The van der Waals surface area contributed by atoms with Gasteiger partial charge in [-0.25, -0.2) is 0 Å². The fraction of sp³-hybridized carbons (Fsp3) is 0.737. The molecular weight excluding hydrogens is 286 g/mol. The van der Waals surface area contributed by atoms with Crippen LogP contribution in [0.3, 0.4) is 0 Å². The number of pyridine rings is 1. The molecule has 4 nitrogen and oxygen atoms in total. The molecule has 1 fully saturated rings. The second-order valence-electron chi connectivity index (χ2n) is 5.53. The van der Waals surface area contributed by atoms with Crippen molar-refractivity contribution in [2.75, 3.05) is 32.8 Å². The molecule has 2 rings (SSSR count). The molecular formula is C19H37N3O. The van der Waals surface area contributed by atoms with Crippen molar-refractivity contribution in [1.82, 2.24) is 9.88 Å². The Morgan fingerprint density at radius 3 is 2.52 bits per heavy atom. The number of nitrogens with zero attached hydrogens (tertiary/aromatic N) is 2. The summed E-state index contributed by atoms with van der Waals surface area (Å²) in [5, 5.41) is 0. The third kappa shape index (κ3) is 6.58. The van der Waals surface area contributed by atoms with Gasteiger partial charge >= 0.3 is 0 Å². The van der Waals surface area contributed by atoms with E-state index in [1.807, 2.05) is 26.1 Å². The summed E-state index contributed by atoms with van der Waals surface area (Å²) < 4.78 is 6.31. The van der Waals surface area contributed by atoms with Gasteiger partial charge in [-0.3, -0.25) is 4.98 Å². The van der Waals surface area contributed by atoms with E-state index in [4.69, 9.17) is 10.5 Å². The van der Waals surface area contributed by atoms with Gasteiger partial charge in [-0.05, 0) is 51.4 Å². The van der Waals surface area contributed by atoms with Crippen molar-refractivity contribution in [1.29, 1.82) is 0 Å². The second kappa shape index (κ2) is 12.5. The van der Waals surface area contributed by atoms with Gasteiger partial charge in [-0.15, -0.1) is 0 Å². The summed E-state index contributed by atoms with van der Waals surface area (Å²) in [4.78, 5) is 6.71. The zero-order chi connectivity index (χ0) is 16.3. The Kier molecular flexibility index (Phi) is 11.9. The predicted octanol–water partition coefficient (Wildman–Crippen LogP) is 3.81. The number of hydrogen-bond acceptors (Lipinski definition) is 4. The number of nitrogens with two attached hydrogens (primary N) is 1. The summed E-state index contributed by atoms with van der Waals surface area (Å²) in [5.74, 6) is 0. The first kappa shape index (κ1) is 22.0. The van der Waals surface area contributed by atoms with E-state index in [1.54, 1.807) is 6.20 Å². The normalized spacial score (nSPS) is 16.9. The van der Waals surface area contributed by atoms with Crippen LogP contribution in [0.2, 0.25) is 0 Å². The van der Waals surface area contributed by atoms with E-state index in [1.165, 1.54) is 25.9 Å². The Morgan fingerprint density at radius 2 is 2.00 bits per heavy atom. The number of hydrogen-bond donors (Lipinski definition) is 1. The zero-order valence-corrected chi connectivity index (χ0v) is 14.6. The first-order chi connectivity index (χ1) is 10.8. The van der Waals surface area contributed by atoms with Crippen LogP contribution in [0, 0.1) is 0 Å². The van der Waals surface area contributed by atoms with E-state index in [0.29, 0.717) is 6.54 Å². The van der Waals surface area contributed by atoms with Crippen LogP contribution < -0.4 is 5.73 Å². The van der Waals surface area contributed by atoms with Crippen molar-refractivity contribution >= 4 is 0 Å². The average Bonchev–Trinajstić information content (AvgIpc) is 3.10. The van der Waals surface area contributed by atoms with E-state index in [2.05, 4.69) is 22.9 Å². The molecule has 1 unspecified atom stereocenters. The summed E-state index contributed by atoms with van der Waals surface area (Å²) in [5.41, 5.74) is 6.68. The van der Waals surface area contributed by atoms with Crippen molar-refractivity contribution in [3.8, 4) is 0 Å². The fourth-order valence-electron chi connectivity index (χ4n) is 3.02. The van der Waals surface area contributed by atoms with Crippen LogP contribution in [-0.4, -0.2) is 42.7 Å². The van der Waals surface area contributed by atoms with Crippen LogP contribution in [-0.2, 0) is 10.3 Å². The standard InChI is InChI=1S/C16H27N3O.C2H6.CH4/c1-2-16(7-8-17,15-6-5-9-18-14-15)20-13-12-19-10-3-4-11-19;1-2;/h5-6,9,14H,2-4,7-8,10-13,17H2,1H3;1-2H3;1H4. The van der Waals surface area contributed by atoms with Gasteiger partial charge in [0, 0.05) is 24.5 Å². The molecule has 0 spiro atoms. The number of likely N-dealkylation sites (tertiary alicyclic amines) is 1. The topological polar surface area (TPSA) is 51.4 Å². The molecule has 1 saturated heterocycles. The molecule has 0 amide bonds. The van der Waals surface area contributed by atoms with E-state index >= 15 is 0 Å². The lowest BCUT2D eigenvalue weighted by Gasteiger charge is -2.33. The minimum atomic E-state index is -0.275. The minimum absolute atomic E-state index is 0. The van der Waals surface area contributed by atoms with Gasteiger partial charge in [0.2, 0.25) is 0 Å². The third-order valence-electron chi connectivity index (χ3n) is 4.29. The Labute approximate surface area is 143 Å². The average molecular weight is 324 g/mol. The highest BCUT2D eigenvalue weighted by atomic mass is 16.5. The molecule has 1 atom stereocenters. The zero-order valence-electron chi connectivity index (χ0n) is 14.6. The van der Waals surface area contributed by atoms with Gasteiger partial charge in [0.15, 0.2) is 0 Å². The van der Waals surface area contributed by atoms with Crippen LogP contribution in [0.25, 0.3) is 0 Å². The van der Waals surface area contributed by atoms with Crippen LogP contribution >= 0.6 is 0 Å². The molecule has 1 aliphatic rings.